The van der Waals surface area contributed by atoms with E-state index in [-0.39, 0.29) is 47.6 Å². The minimum Gasteiger partial charge on any atom is -0.469 e. The third kappa shape index (κ3) is 4.02. The van der Waals surface area contributed by atoms with Gasteiger partial charge in [0.25, 0.3) is 0 Å². The Morgan fingerprint density at radius 2 is 1.97 bits per heavy atom. The molecule has 202 valence electrons. The lowest BCUT2D eigenvalue weighted by Gasteiger charge is -2.63. The van der Waals surface area contributed by atoms with E-state index in [1.165, 1.54) is 7.11 Å². The molecule has 4 aliphatic carbocycles. The Kier molecular flexibility index (Phi) is 7.01. The molecule has 0 aromatic carbocycles. The van der Waals surface area contributed by atoms with Crippen LogP contribution in [0.2, 0.25) is 0 Å². The van der Waals surface area contributed by atoms with E-state index in [4.69, 9.17) is 4.74 Å². The number of nitrogens with zero attached hydrogens (tertiary/aromatic N) is 3. The molecular weight excluding hydrogens is 458 g/mol. The number of methoxy groups -OCH3 is 1. The van der Waals surface area contributed by atoms with Gasteiger partial charge in [-0.3, -0.25) is 4.79 Å². The quantitative estimate of drug-likeness (QED) is 0.509. The molecule has 11 atom stereocenters. The molecule has 36 heavy (non-hydrogen) atoms. The van der Waals surface area contributed by atoms with E-state index in [0.717, 1.165) is 51.4 Å². The molecule has 1 aromatic rings. The molecule has 0 bridgehead atoms. The van der Waals surface area contributed by atoms with Crippen molar-refractivity contribution in [3.63, 3.8) is 0 Å². The van der Waals surface area contributed by atoms with Crippen LogP contribution in [-0.2, 0) is 16.1 Å². The van der Waals surface area contributed by atoms with Gasteiger partial charge in [0.1, 0.15) is 5.69 Å². The smallest absolute Gasteiger partial charge is 0.305 e. The van der Waals surface area contributed by atoms with Crippen LogP contribution in [0.3, 0.4) is 0 Å². The Balaban J connectivity index is 1.35. The molecule has 8 nitrogen and oxygen atoms in total. The SMILES string of the molecule is COC(=O)CC[C@@H](C)[C@H]1CC[C@H]2[C@@H]3[C@H](O)C[C@@H]4C[C@H](n5cc(CO)nn5)CC[C@]4(C)[C@H]3C[C@H](O)[C@]12C. The summed E-state index contributed by atoms with van der Waals surface area (Å²) in [5.41, 5.74) is 0.468. The predicted molar refractivity (Wildman–Crippen MR) is 133 cm³/mol. The summed E-state index contributed by atoms with van der Waals surface area (Å²) in [6, 6.07) is 0.241. The second kappa shape index (κ2) is 9.66. The second-order valence-electron chi connectivity index (χ2n) is 13.0. The molecule has 0 saturated heterocycles. The van der Waals surface area contributed by atoms with Crippen molar-refractivity contribution in [3.05, 3.63) is 11.9 Å². The summed E-state index contributed by atoms with van der Waals surface area (Å²) < 4.78 is 6.77. The molecule has 4 saturated carbocycles. The molecule has 1 heterocycles. The van der Waals surface area contributed by atoms with Gasteiger partial charge in [-0.2, -0.15) is 0 Å². The monoisotopic (exact) mass is 503 g/mol. The van der Waals surface area contributed by atoms with Gasteiger partial charge in [0.15, 0.2) is 0 Å². The molecule has 4 fully saturated rings. The normalized spacial score (nSPS) is 44.9. The molecule has 0 aliphatic heterocycles. The van der Waals surface area contributed by atoms with Gasteiger partial charge in [-0.05, 0) is 97.7 Å². The lowest BCUT2D eigenvalue weighted by atomic mass is 9.43. The van der Waals surface area contributed by atoms with Crippen LogP contribution in [0.25, 0.3) is 0 Å². The number of carbonyl (C=O) groups excluding carboxylic acids is 1. The van der Waals surface area contributed by atoms with Gasteiger partial charge in [0.05, 0.1) is 38.2 Å². The molecule has 0 amide bonds. The molecule has 0 unspecified atom stereocenters. The number of aromatic nitrogens is 3. The summed E-state index contributed by atoms with van der Waals surface area (Å²) in [7, 11) is 1.44. The van der Waals surface area contributed by atoms with Crippen molar-refractivity contribution < 1.29 is 24.9 Å². The van der Waals surface area contributed by atoms with Crippen LogP contribution in [0.5, 0.6) is 0 Å². The third-order valence-electron chi connectivity index (χ3n) is 11.6. The van der Waals surface area contributed by atoms with Crippen LogP contribution < -0.4 is 0 Å². The Bertz CT molecular complexity index is 953. The number of carbonyl (C=O) groups is 1. The van der Waals surface area contributed by atoms with Crippen LogP contribution in [0.4, 0.5) is 0 Å². The zero-order chi connectivity index (χ0) is 25.8. The van der Waals surface area contributed by atoms with E-state index in [2.05, 4.69) is 31.1 Å². The van der Waals surface area contributed by atoms with Crippen LogP contribution in [0.15, 0.2) is 6.20 Å². The summed E-state index contributed by atoms with van der Waals surface area (Å²) in [6.07, 6.45) is 9.00. The van der Waals surface area contributed by atoms with Crippen molar-refractivity contribution in [1.82, 2.24) is 15.0 Å². The van der Waals surface area contributed by atoms with Gasteiger partial charge >= 0.3 is 5.97 Å². The Labute approximate surface area is 214 Å². The minimum atomic E-state index is -0.389. The first kappa shape index (κ1) is 26.1. The molecule has 0 spiro atoms. The average Bonchev–Trinajstić information content (AvgIpc) is 3.48. The highest BCUT2D eigenvalue weighted by Crippen LogP contribution is 2.68. The summed E-state index contributed by atoms with van der Waals surface area (Å²) in [4.78, 5) is 11.8. The highest BCUT2D eigenvalue weighted by molar-refractivity contribution is 5.69. The number of aliphatic hydroxyl groups excluding tert-OH is 3. The predicted octanol–water partition coefficient (Wildman–Crippen LogP) is 3.50. The zero-order valence-corrected chi connectivity index (χ0v) is 22.3. The number of esters is 1. The molecule has 3 N–H and O–H groups in total. The van der Waals surface area contributed by atoms with Gasteiger partial charge in [-0.25, -0.2) is 4.68 Å². The van der Waals surface area contributed by atoms with E-state index in [9.17, 15) is 20.1 Å². The van der Waals surface area contributed by atoms with E-state index in [1.807, 2.05) is 10.9 Å². The first-order valence-electron chi connectivity index (χ1n) is 14.1. The Hall–Kier alpha value is -1.51. The third-order valence-corrected chi connectivity index (χ3v) is 11.6. The van der Waals surface area contributed by atoms with Crippen molar-refractivity contribution in [3.8, 4) is 0 Å². The maximum absolute atomic E-state index is 11.8. The van der Waals surface area contributed by atoms with Gasteiger partial charge in [0, 0.05) is 6.42 Å². The minimum absolute atomic E-state index is 0.0949. The average molecular weight is 504 g/mol. The molecule has 0 radical (unpaired) electrons. The van der Waals surface area contributed by atoms with Crippen molar-refractivity contribution in [2.75, 3.05) is 7.11 Å². The van der Waals surface area contributed by atoms with Gasteiger partial charge < -0.3 is 20.1 Å². The highest BCUT2D eigenvalue weighted by Gasteiger charge is 2.65. The number of aliphatic hydroxyl groups is 3. The number of fused-ring (bicyclic) bond motifs is 5. The summed E-state index contributed by atoms with van der Waals surface area (Å²) in [5, 5.41) is 41.1. The maximum Gasteiger partial charge on any atom is 0.305 e. The number of ether oxygens (including phenoxy) is 1. The zero-order valence-electron chi connectivity index (χ0n) is 22.3. The second-order valence-corrected chi connectivity index (χ2v) is 13.0. The lowest BCUT2D eigenvalue weighted by molar-refractivity contribution is -0.204. The summed E-state index contributed by atoms with van der Waals surface area (Å²) >= 11 is 0. The largest absolute Gasteiger partial charge is 0.469 e. The van der Waals surface area contributed by atoms with Crippen LogP contribution in [0.1, 0.15) is 90.3 Å². The molecule has 1 aromatic heterocycles. The first-order chi connectivity index (χ1) is 17.1. The van der Waals surface area contributed by atoms with Crippen LogP contribution in [0, 0.1) is 46.3 Å². The van der Waals surface area contributed by atoms with Gasteiger partial charge in [-0.1, -0.05) is 26.0 Å². The van der Waals surface area contributed by atoms with Crippen molar-refractivity contribution in [2.45, 2.75) is 103 Å². The number of hydrogen-bond donors (Lipinski definition) is 3. The van der Waals surface area contributed by atoms with Crippen molar-refractivity contribution in [2.24, 2.45) is 46.3 Å². The topological polar surface area (TPSA) is 118 Å². The standard InChI is InChI=1S/C28H45N3O5/c1-16(5-8-25(35)36-4)20-6-7-21-26-22(13-24(34)28(20,21)3)27(2)10-9-19(11-17(27)12-23(26)33)31-14-18(15-32)29-30-31/h14,16-17,19-24,26,32-34H,5-13,15H2,1-4H3/t16-,17+,19-,20-,21+,22+,23-,24+,26+,27+,28-/m1/s1. The fraction of sp³-hybridized carbons (Fsp3) is 0.893. The van der Waals surface area contributed by atoms with Crippen LogP contribution in [-0.4, -0.2) is 55.6 Å². The van der Waals surface area contributed by atoms with Crippen molar-refractivity contribution in [1.29, 1.82) is 0 Å². The van der Waals surface area contributed by atoms with Crippen LogP contribution >= 0.6 is 0 Å². The number of hydrogen-bond acceptors (Lipinski definition) is 7. The van der Waals surface area contributed by atoms with Crippen molar-refractivity contribution >= 4 is 5.97 Å². The van der Waals surface area contributed by atoms with E-state index >= 15 is 0 Å². The highest BCUT2D eigenvalue weighted by atomic mass is 16.5. The fourth-order valence-corrected chi connectivity index (χ4v) is 9.59. The maximum atomic E-state index is 11.8. The lowest BCUT2D eigenvalue weighted by Crippen LogP contribution is -2.62. The van der Waals surface area contributed by atoms with E-state index in [0.29, 0.717) is 41.7 Å². The van der Waals surface area contributed by atoms with Gasteiger partial charge in [0.2, 0.25) is 0 Å². The Morgan fingerprint density at radius 1 is 1.19 bits per heavy atom. The summed E-state index contributed by atoms with van der Waals surface area (Å²) in [6.45, 7) is 6.81. The van der Waals surface area contributed by atoms with E-state index in [1.54, 1.807) is 0 Å². The number of rotatable bonds is 6. The molecular formula is C28H45N3O5. The van der Waals surface area contributed by atoms with Gasteiger partial charge in [-0.15, -0.1) is 5.10 Å². The molecule has 4 aliphatic rings. The molecule has 5 rings (SSSR count). The Morgan fingerprint density at radius 3 is 2.67 bits per heavy atom. The molecule has 8 heteroatoms. The van der Waals surface area contributed by atoms with E-state index < -0.39 is 0 Å². The summed E-state index contributed by atoms with van der Waals surface area (Å²) in [5.74, 6) is 1.74. The fourth-order valence-electron chi connectivity index (χ4n) is 9.59. The first-order valence-corrected chi connectivity index (χ1v) is 14.1.